The van der Waals surface area contributed by atoms with Crippen molar-refractivity contribution in [1.29, 1.82) is 0 Å². The molecule has 3 aromatic rings. The van der Waals surface area contributed by atoms with Crippen LogP contribution in [0.3, 0.4) is 0 Å². The lowest BCUT2D eigenvalue weighted by atomic mass is 10.1. The van der Waals surface area contributed by atoms with Crippen LogP contribution in [0, 0.1) is 0 Å². The highest BCUT2D eigenvalue weighted by atomic mass is 35.5. The van der Waals surface area contributed by atoms with Crippen molar-refractivity contribution >= 4 is 53.2 Å². The molecule has 0 amide bonds. The third-order valence-electron chi connectivity index (χ3n) is 3.92. The monoisotopic (exact) mass is 409 g/mol. The number of hydrogen-bond acceptors (Lipinski definition) is 4. The molecule has 4 rings (SSSR count). The number of nitrogens with one attached hydrogen (secondary N) is 1. The summed E-state index contributed by atoms with van der Waals surface area (Å²) in [5, 5.41) is 4.92. The zero-order chi connectivity index (χ0) is 16.4. The third kappa shape index (κ3) is 4.39. The fourth-order valence-electron chi connectivity index (χ4n) is 2.72. The number of hydrogen-bond donors (Lipinski definition) is 1. The molecule has 0 aliphatic carbocycles. The lowest BCUT2D eigenvalue weighted by Crippen LogP contribution is -2.30. The Morgan fingerprint density at radius 1 is 1.00 bits per heavy atom. The van der Waals surface area contributed by atoms with Crippen LogP contribution < -0.4 is 10.1 Å². The maximum Gasteiger partial charge on any atom is 0.138 e. The van der Waals surface area contributed by atoms with Crippen molar-refractivity contribution in [2.75, 3.05) is 13.1 Å². The van der Waals surface area contributed by atoms with Gasteiger partial charge in [-0.25, -0.2) is 0 Å². The van der Waals surface area contributed by atoms with Gasteiger partial charge in [-0.15, -0.1) is 24.8 Å². The van der Waals surface area contributed by atoms with Crippen LogP contribution in [-0.4, -0.2) is 23.9 Å². The molecule has 0 fully saturated rings. The molecule has 0 saturated heterocycles. The van der Waals surface area contributed by atoms with E-state index < -0.39 is 0 Å². The van der Waals surface area contributed by atoms with Gasteiger partial charge in [-0.2, -0.15) is 0 Å². The molecule has 2 heterocycles. The highest BCUT2D eigenvalue weighted by molar-refractivity contribution is 6.31. The molecule has 7 heteroatoms. The average molecular weight is 411 g/mol. The Morgan fingerprint density at radius 2 is 1.81 bits per heavy atom. The van der Waals surface area contributed by atoms with Crippen LogP contribution in [0.4, 0.5) is 0 Å². The van der Waals surface area contributed by atoms with Crippen molar-refractivity contribution < 1.29 is 4.74 Å². The fraction of sp³-hybridized carbons (Fsp3) is 0.158. The first-order chi connectivity index (χ1) is 11.8. The minimum Gasteiger partial charge on any atom is -0.457 e. The number of rotatable bonds is 3. The van der Waals surface area contributed by atoms with Crippen molar-refractivity contribution in [3.63, 3.8) is 0 Å². The zero-order valence-corrected chi connectivity index (χ0v) is 16.2. The van der Waals surface area contributed by atoms with Crippen LogP contribution in [0.5, 0.6) is 11.5 Å². The van der Waals surface area contributed by atoms with Crippen LogP contribution in [0.15, 0.2) is 59.7 Å². The highest BCUT2D eigenvalue weighted by Crippen LogP contribution is 2.30. The SMILES string of the molecule is Cl.Cl.Clc1ccc2c(Oc3ccc(C4=NCCCN4)cc3)ccnc2c1. The van der Waals surface area contributed by atoms with Crippen LogP contribution >= 0.6 is 36.4 Å². The van der Waals surface area contributed by atoms with E-state index in [0.29, 0.717) is 5.02 Å². The van der Waals surface area contributed by atoms with Crippen LogP contribution in [0.2, 0.25) is 5.02 Å². The molecule has 0 unspecified atom stereocenters. The average Bonchev–Trinajstić information content (AvgIpc) is 2.63. The summed E-state index contributed by atoms with van der Waals surface area (Å²) < 4.78 is 6.03. The van der Waals surface area contributed by atoms with E-state index in [4.69, 9.17) is 16.3 Å². The second kappa shape index (κ2) is 9.08. The topological polar surface area (TPSA) is 46.5 Å². The van der Waals surface area contributed by atoms with Gasteiger partial charge in [0.05, 0.1) is 5.52 Å². The number of nitrogens with zero attached hydrogens (tertiary/aromatic N) is 2. The van der Waals surface area contributed by atoms with E-state index >= 15 is 0 Å². The predicted octanol–water partition coefficient (Wildman–Crippen LogP) is 5.26. The molecule has 1 aromatic heterocycles. The smallest absolute Gasteiger partial charge is 0.138 e. The van der Waals surface area contributed by atoms with E-state index in [0.717, 1.165) is 53.3 Å². The van der Waals surface area contributed by atoms with Crippen LogP contribution in [0.1, 0.15) is 12.0 Å². The summed E-state index contributed by atoms with van der Waals surface area (Å²) in [7, 11) is 0. The maximum atomic E-state index is 6.03. The van der Waals surface area contributed by atoms with Crippen molar-refractivity contribution in [3.05, 3.63) is 65.3 Å². The first kappa shape index (κ1) is 20.3. The van der Waals surface area contributed by atoms with Gasteiger partial charge in [0.25, 0.3) is 0 Å². The lowest BCUT2D eigenvalue weighted by molar-refractivity contribution is 0.488. The molecule has 136 valence electrons. The summed E-state index contributed by atoms with van der Waals surface area (Å²) in [6, 6.07) is 15.4. The van der Waals surface area contributed by atoms with E-state index in [1.165, 1.54) is 0 Å². The zero-order valence-electron chi connectivity index (χ0n) is 13.8. The summed E-state index contributed by atoms with van der Waals surface area (Å²) in [5.74, 6) is 2.49. The van der Waals surface area contributed by atoms with Crippen LogP contribution in [-0.2, 0) is 0 Å². The van der Waals surface area contributed by atoms with Crippen molar-refractivity contribution in [3.8, 4) is 11.5 Å². The van der Waals surface area contributed by atoms with E-state index in [2.05, 4.69) is 15.3 Å². The summed E-state index contributed by atoms with van der Waals surface area (Å²) in [4.78, 5) is 8.84. The van der Waals surface area contributed by atoms with Crippen molar-refractivity contribution in [2.24, 2.45) is 4.99 Å². The van der Waals surface area contributed by atoms with Crippen molar-refractivity contribution in [1.82, 2.24) is 10.3 Å². The molecule has 1 aliphatic heterocycles. The summed E-state index contributed by atoms with van der Waals surface area (Å²) in [6.07, 6.45) is 2.81. The molecule has 0 bridgehead atoms. The van der Waals surface area contributed by atoms with Gasteiger partial charge in [0.15, 0.2) is 0 Å². The minimum absolute atomic E-state index is 0. The Hall–Kier alpha value is -2.01. The second-order valence-corrected chi connectivity index (χ2v) is 6.04. The Labute approximate surface area is 169 Å². The molecule has 0 saturated carbocycles. The molecule has 2 aromatic carbocycles. The lowest BCUT2D eigenvalue weighted by Gasteiger charge is -2.15. The fourth-order valence-corrected chi connectivity index (χ4v) is 2.88. The second-order valence-electron chi connectivity index (χ2n) is 5.61. The van der Waals surface area contributed by atoms with E-state index in [-0.39, 0.29) is 24.8 Å². The molecular weight excluding hydrogens is 393 g/mol. The quantitative estimate of drug-likeness (QED) is 0.640. The Kier molecular flexibility index (Phi) is 7.09. The van der Waals surface area contributed by atoms with Gasteiger partial charge in [0.2, 0.25) is 0 Å². The largest absolute Gasteiger partial charge is 0.457 e. The molecule has 0 atom stereocenters. The normalized spacial score (nSPS) is 13.0. The predicted molar refractivity (Wildman–Crippen MR) is 112 cm³/mol. The van der Waals surface area contributed by atoms with Gasteiger partial charge < -0.3 is 10.1 Å². The molecule has 1 aliphatic rings. The number of amidine groups is 1. The first-order valence-electron chi connectivity index (χ1n) is 7.90. The van der Waals surface area contributed by atoms with Gasteiger partial charge in [-0.1, -0.05) is 11.6 Å². The summed E-state index contributed by atoms with van der Waals surface area (Å²) in [6.45, 7) is 1.86. The standard InChI is InChI=1S/C19H16ClN3O.2ClH/c20-14-4-7-16-17(12-14)21-11-8-18(16)24-15-5-2-13(3-6-15)19-22-9-1-10-23-19;;/h2-8,11-12H,1,9-10H2,(H,22,23);2*1H. The summed E-state index contributed by atoms with van der Waals surface area (Å²) >= 11 is 6.02. The van der Waals surface area contributed by atoms with Gasteiger partial charge >= 0.3 is 0 Å². The molecule has 0 radical (unpaired) electrons. The van der Waals surface area contributed by atoms with Gasteiger partial charge in [0.1, 0.15) is 17.3 Å². The van der Waals surface area contributed by atoms with Gasteiger partial charge in [-0.05, 0) is 55.0 Å². The number of benzene rings is 2. The Balaban J connectivity index is 0.00000121. The highest BCUT2D eigenvalue weighted by Gasteiger charge is 2.08. The number of halogens is 3. The Bertz CT molecular complexity index is 914. The molecule has 0 spiro atoms. The number of aromatic nitrogens is 1. The Morgan fingerprint density at radius 3 is 2.54 bits per heavy atom. The first-order valence-corrected chi connectivity index (χ1v) is 8.28. The number of aliphatic imine (C=N–C) groups is 1. The maximum absolute atomic E-state index is 6.03. The number of ether oxygens (including phenoxy) is 1. The third-order valence-corrected chi connectivity index (χ3v) is 4.15. The van der Waals surface area contributed by atoms with Crippen LogP contribution in [0.25, 0.3) is 10.9 Å². The number of pyridine rings is 1. The van der Waals surface area contributed by atoms with E-state index in [1.807, 2.05) is 48.5 Å². The molecule has 4 nitrogen and oxygen atoms in total. The number of fused-ring (bicyclic) bond motifs is 1. The van der Waals surface area contributed by atoms with E-state index in [1.54, 1.807) is 6.20 Å². The molecular formula is C19H18Cl3N3O. The minimum atomic E-state index is 0. The molecule has 1 N–H and O–H groups in total. The van der Waals surface area contributed by atoms with Gasteiger partial charge in [0, 0.05) is 35.3 Å². The van der Waals surface area contributed by atoms with Gasteiger partial charge in [-0.3, -0.25) is 9.98 Å². The molecule has 26 heavy (non-hydrogen) atoms. The van der Waals surface area contributed by atoms with Crippen molar-refractivity contribution in [2.45, 2.75) is 6.42 Å². The summed E-state index contributed by atoms with van der Waals surface area (Å²) in [5.41, 5.74) is 1.89. The van der Waals surface area contributed by atoms with E-state index in [9.17, 15) is 0 Å².